The predicted molar refractivity (Wildman–Crippen MR) is 200 cm³/mol. The SMILES string of the molecule is c1ccc(-c2cc(-c3ccccc3)cc(-c3cccc(-c4cccc(-c5nc(-c6ccccc6)cc(-c6ccccc6)n5)c4)c3)c2)cc1. The first kappa shape index (κ1) is 29.1. The maximum atomic E-state index is 5.07. The molecule has 226 valence electrons. The Morgan fingerprint density at radius 3 is 0.938 bits per heavy atom. The zero-order valence-electron chi connectivity index (χ0n) is 26.4. The first-order chi connectivity index (χ1) is 23.8. The molecule has 1 heterocycles. The van der Waals surface area contributed by atoms with Crippen LogP contribution in [0.4, 0.5) is 0 Å². The molecule has 0 N–H and O–H groups in total. The van der Waals surface area contributed by atoms with Crippen LogP contribution in [0.25, 0.3) is 78.4 Å². The van der Waals surface area contributed by atoms with Gasteiger partial charge in [-0.15, -0.1) is 0 Å². The van der Waals surface area contributed by atoms with E-state index in [0.717, 1.165) is 39.2 Å². The first-order valence-electron chi connectivity index (χ1n) is 16.2. The lowest BCUT2D eigenvalue weighted by atomic mass is 9.92. The average Bonchev–Trinajstić information content (AvgIpc) is 3.19. The molecule has 48 heavy (non-hydrogen) atoms. The standard InChI is InChI=1S/C46H32N2/c1-5-15-33(16-6-1)41-29-42(34-17-7-2-8-18-34)31-43(30-41)39-25-13-23-37(27-39)38-24-14-26-40(28-38)46-47-44(35-19-9-3-10-20-35)32-45(48-46)36-21-11-4-12-22-36/h1-32H. The van der Waals surface area contributed by atoms with Crippen molar-refractivity contribution in [1.82, 2.24) is 9.97 Å². The molecule has 0 bridgehead atoms. The molecule has 8 aromatic rings. The van der Waals surface area contributed by atoms with Gasteiger partial charge in [0.2, 0.25) is 0 Å². The van der Waals surface area contributed by atoms with Crippen molar-refractivity contribution in [2.45, 2.75) is 0 Å². The summed E-state index contributed by atoms with van der Waals surface area (Å²) < 4.78 is 0. The Balaban J connectivity index is 1.21. The van der Waals surface area contributed by atoms with E-state index in [-0.39, 0.29) is 0 Å². The number of hydrogen-bond donors (Lipinski definition) is 0. The molecule has 0 unspecified atom stereocenters. The lowest BCUT2D eigenvalue weighted by molar-refractivity contribution is 1.18. The third-order valence-electron chi connectivity index (χ3n) is 8.66. The Morgan fingerprint density at radius 1 is 0.208 bits per heavy atom. The van der Waals surface area contributed by atoms with Crippen molar-refractivity contribution in [1.29, 1.82) is 0 Å². The molecule has 0 amide bonds. The molecule has 8 rings (SSSR count). The summed E-state index contributed by atoms with van der Waals surface area (Å²) in [5.41, 5.74) is 14.3. The highest BCUT2D eigenvalue weighted by molar-refractivity contribution is 5.83. The van der Waals surface area contributed by atoms with Gasteiger partial charge in [0.1, 0.15) is 0 Å². The van der Waals surface area contributed by atoms with Crippen LogP contribution >= 0.6 is 0 Å². The topological polar surface area (TPSA) is 25.8 Å². The van der Waals surface area contributed by atoms with Crippen LogP contribution in [-0.2, 0) is 0 Å². The van der Waals surface area contributed by atoms with Crippen LogP contribution in [0, 0.1) is 0 Å². The van der Waals surface area contributed by atoms with Crippen molar-refractivity contribution in [2.75, 3.05) is 0 Å². The molecule has 0 saturated carbocycles. The Kier molecular flexibility index (Phi) is 7.96. The van der Waals surface area contributed by atoms with Gasteiger partial charge in [-0.1, -0.05) is 158 Å². The van der Waals surface area contributed by atoms with Crippen LogP contribution in [0.2, 0.25) is 0 Å². The molecule has 0 aliphatic rings. The molecule has 0 aliphatic carbocycles. The summed E-state index contributed by atoms with van der Waals surface area (Å²) in [7, 11) is 0. The number of rotatable bonds is 7. The Bertz CT molecular complexity index is 2030. The van der Waals surface area contributed by atoms with E-state index < -0.39 is 0 Å². The van der Waals surface area contributed by atoms with E-state index in [1.54, 1.807) is 0 Å². The lowest BCUT2D eigenvalue weighted by Crippen LogP contribution is -1.96. The Labute approximate surface area is 281 Å². The second-order valence-corrected chi connectivity index (χ2v) is 11.9. The van der Waals surface area contributed by atoms with Crippen LogP contribution in [-0.4, -0.2) is 9.97 Å². The number of benzene rings is 7. The maximum absolute atomic E-state index is 5.07. The summed E-state index contributed by atoms with van der Waals surface area (Å²) in [6.45, 7) is 0. The van der Waals surface area contributed by atoms with Crippen molar-refractivity contribution >= 4 is 0 Å². The normalized spacial score (nSPS) is 10.9. The Morgan fingerprint density at radius 2 is 0.500 bits per heavy atom. The fourth-order valence-electron chi connectivity index (χ4n) is 6.19. The van der Waals surface area contributed by atoms with E-state index in [0.29, 0.717) is 5.82 Å². The molecular weight excluding hydrogens is 581 g/mol. The van der Waals surface area contributed by atoms with Gasteiger partial charge in [0.15, 0.2) is 5.82 Å². The third kappa shape index (κ3) is 6.20. The van der Waals surface area contributed by atoms with Gasteiger partial charge in [-0.25, -0.2) is 9.97 Å². The molecule has 0 fully saturated rings. The van der Waals surface area contributed by atoms with Crippen LogP contribution in [0.15, 0.2) is 194 Å². The summed E-state index contributed by atoms with van der Waals surface area (Å²) in [5, 5.41) is 0. The molecular formula is C46H32N2. The van der Waals surface area contributed by atoms with E-state index in [9.17, 15) is 0 Å². The highest BCUT2D eigenvalue weighted by atomic mass is 14.9. The summed E-state index contributed by atoms with van der Waals surface area (Å²) in [5.74, 6) is 0.705. The fraction of sp³-hybridized carbons (Fsp3) is 0. The summed E-state index contributed by atoms with van der Waals surface area (Å²) in [4.78, 5) is 10.1. The van der Waals surface area contributed by atoms with Crippen molar-refractivity contribution in [3.63, 3.8) is 0 Å². The number of nitrogens with zero attached hydrogens (tertiary/aromatic N) is 2. The van der Waals surface area contributed by atoms with E-state index in [1.807, 2.05) is 36.4 Å². The summed E-state index contributed by atoms with van der Waals surface area (Å²) in [6, 6.07) is 68.2. The molecule has 0 radical (unpaired) electrons. The largest absolute Gasteiger partial charge is 0.228 e. The van der Waals surface area contributed by atoms with Crippen molar-refractivity contribution in [3.05, 3.63) is 194 Å². The smallest absolute Gasteiger partial charge is 0.160 e. The zero-order chi connectivity index (χ0) is 32.1. The van der Waals surface area contributed by atoms with Crippen LogP contribution in [0.1, 0.15) is 0 Å². The third-order valence-corrected chi connectivity index (χ3v) is 8.66. The zero-order valence-corrected chi connectivity index (χ0v) is 26.4. The average molecular weight is 613 g/mol. The minimum atomic E-state index is 0.705. The molecule has 2 nitrogen and oxygen atoms in total. The molecule has 2 heteroatoms. The second kappa shape index (κ2) is 13.2. The summed E-state index contributed by atoms with van der Waals surface area (Å²) in [6.07, 6.45) is 0. The van der Waals surface area contributed by atoms with Gasteiger partial charge >= 0.3 is 0 Å². The second-order valence-electron chi connectivity index (χ2n) is 11.9. The predicted octanol–water partition coefficient (Wildman–Crippen LogP) is 12.1. The highest BCUT2D eigenvalue weighted by Gasteiger charge is 2.13. The van der Waals surface area contributed by atoms with Gasteiger partial charge in [-0.05, 0) is 80.9 Å². The first-order valence-corrected chi connectivity index (χ1v) is 16.2. The van der Waals surface area contributed by atoms with Crippen molar-refractivity contribution in [3.8, 4) is 78.4 Å². The molecule has 0 saturated heterocycles. The van der Waals surface area contributed by atoms with Gasteiger partial charge in [0.05, 0.1) is 11.4 Å². The molecule has 1 aromatic heterocycles. The van der Waals surface area contributed by atoms with Gasteiger partial charge < -0.3 is 0 Å². The summed E-state index contributed by atoms with van der Waals surface area (Å²) >= 11 is 0. The van der Waals surface area contributed by atoms with Gasteiger partial charge in [0, 0.05) is 16.7 Å². The van der Waals surface area contributed by atoms with Crippen molar-refractivity contribution < 1.29 is 0 Å². The minimum Gasteiger partial charge on any atom is -0.228 e. The van der Waals surface area contributed by atoms with Gasteiger partial charge in [0.25, 0.3) is 0 Å². The maximum Gasteiger partial charge on any atom is 0.160 e. The Hall–Kier alpha value is -6.38. The van der Waals surface area contributed by atoms with E-state index >= 15 is 0 Å². The number of aromatic nitrogens is 2. The van der Waals surface area contributed by atoms with E-state index in [4.69, 9.17) is 9.97 Å². The minimum absolute atomic E-state index is 0.705. The van der Waals surface area contributed by atoms with E-state index in [1.165, 1.54) is 33.4 Å². The van der Waals surface area contributed by atoms with Crippen LogP contribution < -0.4 is 0 Å². The van der Waals surface area contributed by atoms with Crippen LogP contribution in [0.5, 0.6) is 0 Å². The number of hydrogen-bond acceptors (Lipinski definition) is 2. The van der Waals surface area contributed by atoms with Crippen molar-refractivity contribution in [2.24, 2.45) is 0 Å². The van der Waals surface area contributed by atoms with E-state index in [2.05, 4.69) is 158 Å². The lowest BCUT2D eigenvalue weighted by Gasteiger charge is -2.13. The molecule has 0 atom stereocenters. The fourth-order valence-corrected chi connectivity index (χ4v) is 6.19. The van der Waals surface area contributed by atoms with Gasteiger partial charge in [-0.3, -0.25) is 0 Å². The molecule has 0 aliphatic heterocycles. The molecule has 7 aromatic carbocycles. The highest BCUT2D eigenvalue weighted by Crippen LogP contribution is 2.35. The van der Waals surface area contributed by atoms with Gasteiger partial charge in [-0.2, -0.15) is 0 Å². The quantitative estimate of drug-likeness (QED) is 0.179. The molecule has 0 spiro atoms. The monoisotopic (exact) mass is 612 g/mol. The van der Waals surface area contributed by atoms with Crippen LogP contribution in [0.3, 0.4) is 0 Å².